The zero-order valence-corrected chi connectivity index (χ0v) is 20.3. The van der Waals surface area contributed by atoms with E-state index in [1.165, 1.54) is 17.3 Å². The quantitative estimate of drug-likeness (QED) is 0.371. The number of anilines is 1. The van der Waals surface area contributed by atoms with Crippen LogP contribution < -0.4 is 10.1 Å². The fourth-order valence-corrected chi connectivity index (χ4v) is 4.50. The Morgan fingerprint density at radius 1 is 1.00 bits per heavy atom. The van der Waals surface area contributed by atoms with Crippen LogP contribution in [0.4, 0.5) is 5.69 Å². The number of carbonyl (C=O) groups excluding carboxylic acids is 1. The van der Waals surface area contributed by atoms with E-state index in [1.807, 2.05) is 18.2 Å². The molecule has 0 aliphatic carbocycles. The van der Waals surface area contributed by atoms with Crippen LogP contribution in [0.5, 0.6) is 5.75 Å². The van der Waals surface area contributed by atoms with E-state index in [2.05, 4.69) is 58.7 Å². The number of hydrogen-bond acceptors (Lipinski definition) is 5. The van der Waals surface area contributed by atoms with E-state index in [-0.39, 0.29) is 17.5 Å². The molecule has 3 aromatic rings. The first-order valence-corrected chi connectivity index (χ1v) is 11.8. The van der Waals surface area contributed by atoms with E-state index in [0.29, 0.717) is 42.6 Å². The Morgan fingerprint density at radius 3 is 2.14 bits per heavy atom. The van der Waals surface area contributed by atoms with E-state index >= 15 is 0 Å². The number of ether oxygens (including phenoxy) is 1. The van der Waals surface area contributed by atoms with Crippen LogP contribution in [-0.4, -0.2) is 49.0 Å². The Bertz CT molecular complexity index is 1180. The first kappa shape index (κ1) is 24.3. The minimum atomic E-state index is -0.295. The summed E-state index contributed by atoms with van der Waals surface area (Å²) in [5, 5.41) is 13.2. The van der Waals surface area contributed by atoms with Crippen molar-refractivity contribution in [3.05, 3.63) is 107 Å². The number of nitrogens with one attached hydrogen (secondary N) is 1. The molecule has 1 saturated heterocycles. The molecule has 0 aromatic heterocycles. The molecule has 0 atom stereocenters. The van der Waals surface area contributed by atoms with Crippen molar-refractivity contribution in [2.24, 2.45) is 0 Å². The van der Waals surface area contributed by atoms with Gasteiger partial charge in [0.05, 0.1) is 18.8 Å². The van der Waals surface area contributed by atoms with Crippen LogP contribution in [0.25, 0.3) is 0 Å². The number of benzene rings is 3. The highest BCUT2D eigenvalue weighted by molar-refractivity contribution is 6.30. The summed E-state index contributed by atoms with van der Waals surface area (Å²) in [6, 6.07) is 28.1. The molecule has 1 aliphatic heterocycles. The number of carbonyl (C=O) groups is 1. The summed E-state index contributed by atoms with van der Waals surface area (Å²) in [6.07, 6.45) is 1.42. The largest absolute Gasteiger partial charge is 0.495 e. The maximum absolute atomic E-state index is 13.1. The van der Waals surface area contributed by atoms with Gasteiger partial charge in [0, 0.05) is 37.4 Å². The van der Waals surface area contributed by atoms with Gasteiger partial charge in [-0.2, -0.15) is 5.26 Å². The molecule has 178 valence electrons. The highest BCUT2D eigenvalue weighted by atomic mass is 35.5. The fraction of sp³-hybridized carbons (Fsp3) is 0.214. The molecule has 1 heterocycles. The Kier molecular flexibility index (Phi) is 8.04. The lowest BCUT2D eigenvalue weighted by Crippen LogP contribution is -2.50. The Hall–Kier alpha value is -3.79. The highest BCUT2D eigenvalue weighted by Gasteiger charge is 2.29. The molecule has 6 nitrogen and oxygen atoms in total. The topological polar surface area (TPSA) is 68.6 Å². The van der Waals surface area contributed by atoms with Crippen LogP contribution in [0.2, 0.25) is 5.02 Å². The van der Waals surface area contributed by atoms with Crippen LogP contribution in [0.15, 0.2) is 90.6 Å². The number of rotatable bonds is 7. The minimum absolute atomic E-state index is 0.0307. The lowest BCUT2D eigenvalue weighted by atomic mass is 9.96. The molecule has 0 unspecified atom stereocenters. The lowest BCUT2D eigenvalue weighted by Gasteiger charge is -2.39. The molecule has 7 heteroatoms. The van der Waals surface area contributed by atoms with Crippen molar-refractivity contribution in [3.63, 3.8) is 0 Å². The van der Waals surface area contributed by atoms with Gasteiger partial charge in [-0.05, 0) is 29.3 Å². The second-order valence-corrected chi connectivity index (χ2v) is 8.65. The normalized spacial score (nSPS) is 14.5. The van der Waals surface area contributed by atoms with Gasteiger partial charge in [-0.1, -0.05) is 72.3 Å². The summed E-state index contributed by atoms with van der Waals surface area (Å²) in [6.45, 7) is 2.48. The second-order valence-electron chi connectivity index (χ2n) is 8.21. The predicted octanol–water partition coefficient (Wildman–Crippen LogP) is 5.10. The average molecular weight is 487 g/mol. The Balaban J connectivity index is 1.46. The van der Waals surface area contributed by atoms with Gasteiger partial charge in [0.1, 0.15) is 17.4 Å². The summed E-state index contributed by atoms with van der Waals surface area (Å²) in [7, 11) is 1.55. The summed E-state index contributed by atoms with van der Waals surface area (Å²) in [4.78, 5) is 17.2. The molecular weight excluding hydrogens is 460 g/mol. The third-order valence-electron chi connectivity index (χ3n) is 6.08. The van der Waals surface area contributed by atoms with Crippen molar-refractivity contribution in [2.45, 2.75) is 6.04 Å². The number of piperazine rings is 1. The van der Waals surface area contributed by atoms with Gasteiger partial charge < -0.3 is 15.0 Å². The number of halogens is 1. The van der Waals surface area contributed by atoms with Gasteiger partial charge in [-0.15, -0.1) is 0 Å². The molecule has 1 fully saturated rings. The van der Waals surface area contributed by atoms with Crippen molar-refractivity contribution in [2.75, 3.05) is 38.6 Å². The zero-order valence-electron chi connectivity index (χ0n) is 19.5. The summed E-state index contributed by atoms with van der Waals surface area (Å²) < 4.78 is 5.32. The monoisotopic (exact) mass is 486 g/mol. The van der Waals surface area contributed by atoms with Crippen LogP contribution in [0.1, 0.15) is 17.2 Å². The molecule has 3 aromatic carbocycles. The molecule has 1 amide bonds. The van der Waals surface area contributed by atoms with Crippen molar-refractivity contribution in [1.29, 1.82) is 5.26 Å². The number of nitriles is 1. The minimum Gasteiger partial charge on any atom is -0.495 e. The fourth-order valence-electron chi connectivity index (χ4n) is 4.32. The van der Waals surface area contributed by atoms with Crippen molar-refractivity contribution in [3.8, 4) is 11.8 Å². The van der Waals surface area contributed by atoms with Crippen LogP contribution in [-0.2, 0) is 4.79 Å². The first-order valence-electron chi connectivity index (χ1n) is 11.4. The summed E-state index contributed by atoms with van der Waals surface area (Å²) in [5.74, 6) is 0.272. The molecule has 35 heavy (non-hydrogen) atoms. The zero-order chi connectivity index (χ0) is 24.6. The number of hydrogen-bond donors (Lipinski definition) is 1. The van der Waals surface area contributed by atoms with E-state index in [4.69, 9.17) is 16.3 Å². The van der Waals surface area contributed by atoms with E-state index < -0.39 is 0 Å². The third kappa shape index (κ3) is 5.83. The van der Waals surface area contributed by atoms with E-state index in [1.54, 1.807) is 30.2 Å². The van der Waals surface area contributed by atoms with Crippen molar-refractivity contribution >= 4 is 23.2 Å². The average Bonchev–Trinajstić information content (AvgIpc) is 2.91. The molecular formula is C28H27ClN4O2. The van der Waals surface area contributed by atoms with E-state index in [9.17, 15) is 10.1 Å². The Labute approximate surface area is 211 Å². The molecule has 0 spiro atoms. The van der Waals surface area contributed by atoms with Gasteiger partial charge in [0.2, 0.25) is 0 Å². The molecule has 0 radical (unpaired) electrons. The van der Waals surface area contributed by atoms with Crippen molar-refractivity contribution in [1.82, 2.24) is 9.80 Å². The predicted molar refractivity (Wildman–Crippen MR) is 138 cm³/mol. The molecule has 0 bridgehead atoms. The van der Waals surface area contributed by atoms with Gasteiger partial charge in [0.15, 0.2) is 0 Å². The lowest BCUT2D eigenvalue weighted by molar-refractivity contribution is -0.128. The summed E-state index contributed by atoms with van der Waals surface area (Å²) in [5.41, 5.74) is 3.05. The second kappa shape index (κ2) is 11.6. The van der Waals surface area contributed by atoms with Gasteiger partial charge >= 0.3 is 0 Å². The van der Waals surface area contributed by atoms with Gasteiger partial charge in [0.25, 0.3) is 5.91 Å². The number of methoxy groups -OCH3 is 1. The maximum Gasteiger partial charge on any atom is 0.266 e. The molecule has 4 rings (SSSR count). The third-order valence-corrected chi connectivity index (χ3v) is 6.32. The smallest absolute Gasteiger partial charge is 0.266 e. The Morgan fingerprint density at radius 2 is 1.60 bits per heavy atom. The van der Waals surface area contributed by atoms with Crippen LogP contribution in [0, 0.1) is 11.3 Å². The van der Waals surface area contributed by atoms with E-state index in [0.717, 1.165) is 0 Å². The standard InChI is InChI=1S/C28H27ClN4O2/c1-35-26-13-12-24(29)18-25(26)31-20-23(19-30)28(34)33-16-14-32(15-17-33)27(21-8-4-2-5-9-21)22-10-6-3-7-11-22/h2-13,18,20,27,31H,14-17H2,1H3/b23-20-. The molecule has 1 aliphatic rings. The first-order chi connectivity index (χ1) is 17.1. The highest BCUT2D eigenvalue weighted by Crippen LogP contribution is 2.30. The van der Waals surface area contributed by atoms with Gasteiger partial charge in [-0.3, -0.25) is 9.69 Å². The summed E-state index contributed by atoms with van der Waals surface area (Å²) >= 11 is 6.07. The van der Waals surface area contributed by atoms with Crippen LogP contribution >= 0.6 is 11.6 Å². The van der Waals surface area contributed by atoms with Crippen LogP contribution in [0.3, 0.4) is 0 Å². The molecule has 0 saturated carbocycles. The number of amides is 1. The molecule has 1 N–H and O–H groups in total. The van der Waals surface area contributed by atoms with Crippen molar-refractivity contribution < 1.29 is 9.53 Å². The van der Waals surface area contributed by atoms with Gasteiger partial charge in [-0.25, -0.2) is 0 Å². The SMILES string of the molecule is COc1ccc(Cl)cc1N/C=C(/C#N)C(=O)N1CCN(C(c2ccccc2)c2ccccc2)CC1. The number of nitrogens with zero attached hydrogens (tertiary/aromatic N) is 3. The maximum atomic E-state index is 13.1.